The van der Waals surface area contributed by atoms with Gasteiger partial charge in [-0.2, -0.15) is 13.2 Å². The molecule has 0 amide bonds. The first-order valence-electron chi connectivity index (χ1n) is 4.65. The summed E-state index contributed by atoms with van der Waals surface area (Å²) in [6.45, 7) is -0.801. The van der Waals surface area contributed by atoms with Crippen molar-refractivity contribution in [3.05, 3.63) is 29.0 Å². The highest BCUT2D eigenvalue weighted by Crippen LogP contribution is 2.30. The van der Waals surface area contributed by atoms with Gasteiger partial charge in [0.1, 0.15) is 24.1 Å². The average molecular weight is 302 g/mol. The van der Waals surface area contributed by atoms with Crippen LogP contribution in [0.4, 0.5) is 17.6 Å². The molecule has 0 spiro atoms. The van der Waals surface area contributed by atoms with E-state index in [2.05, 4.69) is 12.2 Å². The molecular formula is C10H8ClF4NOS. The monoisotopic (exact) mass is 301 g/mol. The van der Waals surface area contributed by atoms with Crippen LogP contribution < -0.4 is 10.5 Å². The summed E-state index contributed by atoms with van der Waals surface area (Å²) in [7, 11) is 0. The average Bonchev–Trinajstić information content (AvgIpc) is 2.18. The van der Waals surface area contributed by atoms with E-state index in [1.54, 1.807) is 0 Å². The van der Waals surface area contributed by atoms with E-state index in [0.29, 0.717) is 0 Å². The molecule has 0 bridgehead atoms. The summed E-state index contributed by atoms with van der Waals surface area (Å²) in [4.78, 5) is -0.722. The van der Waals surface area contributed by atoms with Gasteiger partial charge in [0.25, 0.3) is 0 Å². The number of hydrogen-bond donors (Lipinski definition) is 1. The van der Waals surface area contributed by atoms with Gasteiger partial charge < -0.3 is 10.5 Å². The molecule has 0 heterocycles. The number of rotatable bonds is 4. The van der Waals surface area contributed by atoms with Crippen LogP contribution in [0.1, 0.15) is 0 Å². The van der Waals surface area contributed by atoms with Crippen molar-refractivity contribution in [2.24, 2.45) is 11.7 Å². The molecule has 8 heteroatoms. The van der Waals surface area contributed by atoms with E-state index in [0.717, 1.165) is 18.2 Å². The second-order valence-corrected chi connectivity index (χ2v) is 4.26. The first-order valence-corrected chi connectivity index (χ1v) is 5.44. The smallest absolute Gasteiger partial charge is 0.401 e. The lowest BCUT2D eigenvalue weighted by Crippen LogP contribution is -2.38. The fraction of sp³-hybridized carbons (Fsp3) is 0.300. The summed E-state index contributed by atoms with van der Waals surface area (Å²) in [6.07, 6.45) is -4.60. The number of halogens is 5. The maximum atomic E-state index is 12.7. The molecule has 1 rings (SSSR count). The lowest BCUT2D eigenvalue weighted by atomic mass is 10.1. The zero-order chi connectivity index (χ0) is 13.9. The van der Waals surface area contributed by atoms with Crippen LogP contribution in [0.3, 0.4) is 0 Å². The topological polar surface area (TPSA) is 35.2 Å². The predicted octanol–water partition coefficient (Wildman–Crippen LogP) is 3.32. The maximum absolute atomic E-state index is 12.7. The Kier molecular flexibility index (Phi) is 4.75. The molecule has 0 aromatic heterocycles. The second kappa shape index (κ2) is 5.71. The Morgan fingerprint density at radius 3 is 2.50 bits per heavy atom. The molecular weight excluding hydrogens is 294 g/mol. The second-order valence-electron chi connectivity index (χ2n) is 3.38. The molecule has 0 aliphatic rings. The van der Waals surface area contributed by atoms with E-state index in [-0.39, 0.29) is 10.8 Å². The molecule has 0 saturated heterocycles. The molecule has 0 fully saturated rings. The van der Waals surface area contributed by atoms with Gasteiger partial charge >= 0.3 is 6.18 Å². The zero-order valence-electron chi connectivity index (χ0n) is 8.80. The number of thiocarbonyl (C=S) groups is 1. The van der Waals surface area contributed by atoms with Crippen LogP contribution in [0.25, 0.3) is 0 Å². The van der Waals surface area contributed by atoms with Gasteiger partial charge in [0.2, 0.25) is 0 Å². The van der Waals surface area contributed by atoms with Crippen molar-refractivity contribution in [3.8, 4) is 5.75 Å². The number of nitrogens with two attached hydrogens (primary N) is 1. The van der Waals surface area contributed by atoms with E-state index >= 15 is 0 Å². The number of benzene rings is 1. The van der Waals surface area contributed by atoms with Crippen molar-refractivity contribution in [2.45, 2.75) is 6.18 Å². The van der Waals surface area contributed by atoms with Gasteiger partial charge in [0, 0.05) is 0 Å². The summed E-state index contributed by atoms with van der Waals surface area (Å²) >= 11 is 9.92. The Morgan fingerprint density at radius 1 is 1.44 bits per heavy atom. The summed E-state index contributed by atoms with van der Waals surface area (Å²) in [5.74, 6) is -2.76. The van der Waals surface area contributed by atoms with Crippen LogP contribution >= 0.6 is 23.8 Å². The summed E-state index contributed by atoms with van der Waals surface area (Å²) < 4.78 is 55.1. The van der Waals surface area contributed by atoms with E-state index < -0.39 is 29.5 Å². The fourth-order valence-corrected chi connectivity index (χ4v) is 1.53. The van der Waals surface area contributed by atoms with E-state index in [1.807, 2.05) is 0 Å². The van der Waals surface area contributed by atoms with Gasteiger partial charge in [-0.3, -0.25) is 0 Å². The van der Waals surface area contributed by atoms with Crippen molar-refractivity contribution >= 4 is 28.8 Å². The number of alkyl halides is 3. The minimum atomic E-state index is -4.60. The van der Waals surface area contributed by atoms with Crippen molar-refractivity contribution < 1.29 is 22.3 Å². The molecule has 0 radical (unpaired) electrons. The molecule has 0 saturated carbocycles. The number of hydrogen-bond acceptors (Lipinski definition) is 2. The molecule has 2 nitrogen and oxygen atoms in total. The zero-order valence-corrected chi connectivity index (χ0v) is 10.4. The van der Waals surface area contributed by atoms with Gasteiger partial charge in [0.05, 0.1) is 10.0 Å². The molecule has 1 unspecified atom stereocenters. The van der Waals surface area contributed by atoms with E-state index in [9.17, 15) is 17.6 Å². The van der Waals surface area contributed by atoms with Gasteiger partial charge in [-0.25, -0.2) is 4.39 Å². The highest BCUT2D eigenvalue weighted by Gasteiger charge is 2.42. The quantitative estimate of drug-likeness (QED) is 0.684. The summed E-state index contributed by atoms with van der Waals surface area (Å²) in [5.41, 5.74) is 4.99. The largest absolute Gasteiger partial charge is 0.491 e. The molecule has 18 heavy (non-hydrogen) atoms. The first-order chi connectivity index (χ1) is 8.21. The van der Waals surface area contributed by atoms with Crippen LogP contribution in [-0.2, 0) is 0 Å². The highest BCUT2D eigenvalue weighted by atomic mass is 35.5. The van der Waals surface area contributed by atoms with Crippen LogP contribution in [0.15, 0.2) is 18.2 Å². The molecule has 1 atom stereocenters. The Labute approximate surface area is 111 Å². The highest BCUT2D eigenvalue weighted by molar-refractivity contribution is 7.80. The van der Waals surface area contributed by atoms with Gasteiger partial charge in [0.15, 0.2) is 0 Å². The molecule has 0 aliphatic heterocycles. The Morgan fingerprint density at radius 2 is 2.06 bits per heavy atom. The maximum Gasteiger partial charge on any atom is 0.401 e. The van der Waals surface area contributed by atoms with Gasteiger partial charge in [-0.15, -0.1) is 0 Å². The molecule has 1 aromatic carbocycles. The minimum absolute atomic E-state index is 0.0661. The van der Waals surface area contributed by atoms with E-state index in [1.165, 1.54) is 0 Å². The lowest BCUT2D eigenvalue weighted by Gasteiger charge is -2.19. The van der Waals surface area contributed by atoms with Crippen LogP contribution in [0, 0.1) is 11.7 Å². The number of ether oxygens (including phenoxy) is 1. The van der Waals surface area contributed by atoms with Gasteiger partial charge in [-0.05, 0) is 18.2 Å². The Hall–Kier alpha value is -1.08. The van der Waals surface area contributed by atoms with Gasteiger partial charge in [-0.1, -0.05) is 23.8 Å². The normalized spacial score (nSPS) is 13.2. The third-order valence-corrected chi connectivity index (χ3v) is 2.62. The fourth-order valence-electron chi connectivity index (χ4n) is 1.10. The Bertz CT molecular complexity index is 452. The first kappa shape index (κ1) is 15.0. The summed E-state index contributed by atoms with van der Waals surface area (Å²) in [6, 6.07) is 3.08. The lowest BCUT2D eigenvalue weighted by molar-refractivity contribution is -0.161. The van der Waals surface area contributed by atoms with Crippen LogP contribution in [0.2, 0.25) is 5.02 Å². The standard InChI is InChI=1S/C10H8ClF4NOS/c11-7-3-5(12)1-2-8(7)17-4-6(9(16)18)10(13,14)15/h1-3,6H,4H2,(H2,16,18). The van der Waals surface area contributed by atoms with Crippen molar-refractivity contribution in [2.75, 3.05) is 6.61 Å². The van der Waals surface area contributed by atoms with Crippen molar-refractivity contribution in [1.82, 2.24) is 0 Å². The third-order valence-electron chi connectivity index (χ3n) is 2.04. The van der Waals surface area contributed by atoms with Crippen LogP contribution in [0.5, 0.6) is 5.75 Å². The minimum Gasteiger partial charge on any atom is -0.491 e. The van der Waals surface area contributed by atoms with E-state index in [4.69, 9.17) is 22.1 Å². The SMILES string of the molecule is NC(=S)C(COc1ccc(F)cc1Cl)C(F)(F)F. The molecule has 0 aliphatic carbocycles. The van der Waals surface area contributed by atoms with Crippen molar-refractivity contribution in [1.29, 1.82) is 0 Å². The Balaban J connectivity index is 2.77. The van der Waals surface area contributed by atoms with Crippen LogP contribution in [-0.4, -0.2) is 17.8 Å². The molecule has 2 N–H and O–H groups in total. The molecule has 1 aromatic rings. The summed E-state index contributed by atoms with van der Waals surface area (Å²) in [5, 5.41) is -0.126. The van der Waals surface area contributed by atoms with Crippen molar-refractivity contribution in [3.63, 3.8) is 0 Å². The third kappa shape index (κ3) is 3.99. The molecule has 100 valence electrons. The predicted molar refractivity (Wildman–Crippen MR) is 63.2 cm³/mol.